The van der Waals surface area contributed by atoms with Crippen molar-refractivity contribution in [3.63, 3.8) is 0 Å². The Hall–Kier alpha value is -0.780. The lowest BCUT2D eigenvalue weighted by Gasteiger charge is -2.07. The zero-order valence-corrected chi connectivity index (χ0v) is 9.13. The monoisotopic (exact) mass is 188 g/mol. The lowest BCUT2D eigenvalue weighted by Crippen LogP contribution is -1.94. The van der Waals surface area contributed by atoms with Crippen molar-refractivity contribution < 1.29 is 0 Å². The molecule has 1 fully saturated rings. The van der Waals surface area contributed by atoms with Crippen molar-refractivity contribution in [2.45, 2.75) is 45.4 Å². The molecule has 1 aromatic rings. The molecule has 0 amide bonds. The average molecular weight is 188 g/mol. The van der Waals surface area contributed by atoms with E-state index in [1.54, 1.807) is 11.1 Å². The van der Waals surface area contributed by atoms with Crippen molar-refractivity contribution in [1.29, 1.82) is 0 Å². The van der Waals surface area contributed by atoms with Gasteiger partial charge in [0.25, 0.3) is 0 Å². The maximum absolute atomic E-state index is 2.31. The summed E-state index contributed by atoms with van der Waals surface area (Å²) in [7, 11) is 0. The van der Waals surface area contributed by atoms with Crippen molar-refractivity contribution in [2.75, 3.05) is 0 Å². The van der Waals surface area contributed by atoms with Gasteiger partial charge in [-0.25, -0.2) is 0 Å². The molecule has 0 aromatic heterocycles. The maximum Gasteiger partial charge on any atom is -0.0274 e. The molecule has 76 valence electrons. The summed E-state index contributed by atoms with van der Waals surface area (Å²) in [6, 6.07) is 8.96. The molecule has 1 aliphatic carbocycles. The van der Waals surface area contributed by atoms with Crippen molar-refractivity contribution in [1.82, 2.24) is 0 Å². The predicted molar refractivity (Wildman–Crippen MR) is 61.5 cm³/mol. The highest BCUT2D eigenvalue weighted by Gasteiger charge is 2.20. The van der Waals surface area contributed by atoms with E-state index in [1.807, 2.05) is 0 Å². The van der Waals surface area contributed by atoms with Crippen LogP contribution in [0.25, 0.3) is 0 Å². The van der Waals surface area contributed by atoms with Gasteiger partial charge in [0.15, 0.2) is 0 Å². The minimum atomic E-state index is 1.06. The molecule has 0 saturated heterocycles. The highest BCUT2D eigenvalue weighted by molar-refractivity contribution is 5.27. The predicted octanol–water partition coefficient (Wildman–Crippen LogP) is 3.98. The third-order valence-corrected chi connectivity index (χ3v) is 3.16. The fourth-order valence-electron chi connectivity index (χ4n) is 2.08. The Balaban J connectivity index is 1.97. The minimum Gasteiger partial charge on any atom is -0.0651 e. The summed E-state index contributed by atoms with van der Waals surface area (Å²) in [4.78, 5) is 0. The lowest BCUT2D eigenvalue weighted by atomic mass is 9.98. The second-order valence-corrected chi connectivity index (χ2v) is 4.50. The van der Waals surface area contributed by atoms with Gasteiger partial charge in [-0.1, -0.05) is 50.5 Å². The highest BCUT2D eigenvalue weighted by atomic mass is 14.3. The van der Waals surface area contributed by atoms with E-state index in [9.17, 15) is 0 Å². The first-order chi connectivity index (χ1) is 6.90. The molecule has 0 nitrogen and oxygen atoms in total. The summed E-state index contributed by atoms with van der Waals surface area (Å²) in [5.74, 6) is 1.06. The summed E-state index contributed by atoms with van der Waals surface area (Å²) in [6.07, 6.45) is 8.20. The van der Waals surface area contributed by atoms with Crippen LogP contribution in [-0.4, -0.2) is 0 Å². The smallest absolute Gasteiger partial charge is 0.0274 e. The Morgan fingerprint density at radius 1 is 1.07 bits per heavy atom. The molecule has 0 spiro atoms. The molecule has 0 heteroatoms. The van der Waals surface area contributed by atoms with E-state index in [0.29, 0.717) is 0 Å². The van der Waals surface area contributed by atoms with E-state index in [-0.39, 0.29) is 0 Å². The Morgan fingerprint density at radius 2 is 1.71 bits per heavy atom. The summed E-state index contributed by atoms with van der Waals surface area (Å²) in [5, 5.41) is 0. The van der Waals surface area contributed by atoms with E-state index in [4.69, 9.17) is 0 Å². The summed E-state index contributed by atoms with van der Waals surface area (Å²) >= 11 is 0. The zero-order valence-electron chi connectivity index (χ0n) is 9.13. The van der Waals surface area contributed by atoms with Gasteiger partial charge in [-0.05, 0) is 36.3 Å². The Bertz CT molecular complexity index is 284. The van der Waals surface area contributed by atoms with E-state index in [2.05, 4.69) is 31.2 Å². The molecule has 1 aliphatic rings. The van der Waals surface area contributed by atoms with Crippen LogP contribution in [0.5, 0.6) is 0 Å². The molecular formula is C14H20. The van der Waals surface area contributed by atoms with Gasteiger partial charge in [0.05, 0.1) is 0 Å². The van der Waals surface area contributed by atoms with Crippen molar-refractivity contribution in [3.8, 4) is 0 Å². The van der Waals surface area contributed by atoms with E-state index < -0.39 is 0 Å². The van der Waals surface area contributed by atoms with Crippen molar-refractivity contribution >= 4 is 0 Å². The largest absolute Gasteiger partial charge is 0.0651 e. The van der Waals surface area contributed by atoms with E-state index in [1.165, 1.54) is 38.5 Å². The Labute approximate surface area is 87.3 Å². The highest BCUT2D eigenvalue weighted by Crippen LogP contribution is 2.33. The third kappa shape index (κ3) is 2.60. The van der Waals surface area contributed by atoms with Gasteiger partial charge in [0.1, 0.15) is 0 Å². The van der Waals surface area contributed by atoms with Gasteiger partial charge in [0, 0.05) is 0 Å². The van der Waals surface area contributed by atoms with Gasteiger partial charge < -0.3 is 0 Å². The number of hydrogen-bond donors (Lipinski definition) is 0. The second-order valence-electron chi connectivity index (χ2n) is 4.50. The summed E-state index contributed by atoms with van der Waals surface area (Å²) < 4.78 is 0. The van der Waals surface area contributed by atoms with Crippen LogP contribution < -0.4 is 0 Å². The molecule has 0 heterocycles. The minimum absolute atomic E-state index is 1.06. The second kappa shape index (κ2) is 4.63. The zero-order chi connectivity index (χ0) is 9.80. The van der Waals surface area contributed by atoms with Crippen LogP contribution in [0.2, 0.25) is 0 Å². The van der Waals surface area contributed by atoms with Crippen molar-refractivity contribution in [2.24, 2.45) is 5.92 Å². The Morgan fingerprint density at radius 3 is 2.29 bits per heavy atom. The molecule has 1 aromatic carbocycles. The quantitative estimate of drug-likeness (QED) is 0.655. The summed E-state index contributed by atoms with van der Waals surface area (Å²) in [6.45, 7) is 2.26. The SMILES string of the molecule is CCCc1ccccc1CCC1CC1. The molecule has 14 heavy (non-hydrogen) atoms. The molecule has 0 atom stereocenters. The van der Waals surface area contributed by atoms with Crippen LogP contribution >= 0.6 is 0 Å². The van der Waals surface area contributed by atoms with Crippen LogP contribution in [0, 0.1) is 5.92 Å². The molecular weight excluding hydrogens is 168 g/mol. The molecule has 0 radical (unpaired) electrons. The molecule has 0 aliphatic heterocycles. The van der Waals surface area contributed by atoms with Gasteiger partial charge in [-0.2, -0.15) is 0 Å². The number of aryl methyl sites for hydroxylation is 2. The first kappa shape index (κ1) is 9.76. The number of rotatable bonds is 5. The maximum atomic E-state index is 2.31. The van der Waals surface area contributed by atoms with Gasteiger partial charge >= 0.3 is 0 Å². The van der Waals surface area contributed by atoms with Crippen LogP contribution in [0.15, 0.2) is 24.3 Å². The first-order valence-corrected chi connectivity index (χ1v) is 5.97. The Kier molecular flexibility index (Phi) is 3.23. The number of benzene rings is 1. The fourth-order valence-corrected chi connectivity index (χ4v) is 2.08. The molecule has 0 N–H and O–H groups in total. The average Bonchev–Trinajstić information content (AvgIpc) is 3.01. The van der Waals surface area contributed by atoms with Crippen LogP contribution in [0.3, 0.4) is 0 Å². The third-order valence-electron chi connectivity index (χ3n) is 3.16. The molecule has 1 saturated carbocycles. The van der Waals surface area contributed by atoms with Crippen LogP contribution in [-0.2, 0) is 12.8 Å². The standard InChI is InChI=1S/C14H20/c1-2-5-13-6-3-4-7-14(13)11-10-12-8-9-12/h3-4,6-7,12H,2,5,8-11H2,1H3. The van der Waals surface area contributed by atoms with E-state index >= 15 is 0 Å². The fraction of sp³-hybridized carbons (Fsp3) is 0.571. The topological polar surface area (TPSA) is 0 Å². The molecule has 0 bridgehead atoms. The van der Waals surface area contributed by atoms with Gasteiger partial charge in [-0.15, -0.1) is 0 Å². The number of hydrogen-bond acceptors (Lipinski definition) is 0. The lowest BCUT2D eigenvalue weighted by molar-refractivity contribution is 0.719. The first-order valence-electron chi connectivity index (χ1n) is 5.97. The van der Waals surface area contributed by atoms with Crippen LogP contribution in [0.1, 0.15) is 43.7 Å². The normalized spacial score (nSPS) is 15.8. The molecule has 0 unspecified atom stereocenters. The molecule has 2 rings (SSSR count). The summed E-state index contributed by atoms with van der Waals surface area (Å²) in [5.41, 5.74) is 3.18. The van der Waals surface area contributed by atoms with E-state index in [0.717, 1.165) is 5.92 Å². The van der Waals surface area contributed by atoms with Crippen LogP contribution in [0.4, 0.5) is 0 Å². The van der Waals surface area contributed by atoms with Gasteiger partial charge in [0.2, 0.25) is 0 Å². The van der Waals surface area contributed by atoms with Gasteiger partial charge in [-0.3, -0.25) is 0 Å². The van der Waals surface area contributed by atoms with Crippen molar-refractivity contribution in [3.05, 3.63) is 35.4 Å².